The van der Waals surface area contributed by atoms with Gasteiger partial charge in [0.1, 0.15) is 6.04 Å². The lowest BCUT2D eigenvalue weighted by Crippen LogP contribution is -2.46. The van der Waals surface area contributed by atoms with E-state index < -0.39 is 0 Å². The van der Waals surface area contributed by atoms with Crippen molar-refractivity contribution in [3.05, 3.63) is 0 Å². The van der Waals surface area contributed by atoms with Crippen molar-refractivity contribution in [2.45, 2.75) is 57.3 Å². The molecule has 0 aromatic heterocycles. The second-order valence-corrected chi connectivity index (χ2v) is 5.44. The third-order valence-electron chi connectivity index (χ3n) is 3.65. The molecule has 2 aliphatic rings. The molecule has 6 nitrogen and oxygen atoms in total. The van der Waals surface area contributed by atoms with Crippen LogP contribution >= 0.6 is 0 Å². The van der Waals surface area contributed by atoms with Gasteiger partial charge in [-0.2, -0.15) is 5.48 Å². The van der Waals surface area contributed by atoms with E-state index in [-0.39, 0.29) is 18.1 Å². The van der Waals surface area contributed by atoms with Gasteiger partial charge in [-0.05, 0) is 45.7 Å². The SMILES string of the molecule is CC1CC(C(=O)NCCCNC2CCCCN2)NO1. The molecule has 0 spiro atoms. The average molecular weight is 270 g/mol. The summed E-state index contributed by atoms with van der Waals surface area (Å²) in [6.45, 7) is 4.72. The Morgan fingerprint density at radius 3 is 2.95 bits per heavy atom. The van der Waals surface area contributed by atoms with Gasteiger partial charge >= 0.3 is 0 Å². The molecule has 2 aliphatic heterocycles. The number of rotatable bonds is 6. The van der Waals surface area contributed by atoms with E-state index in [9.17, 15) is 4.79 Å². The standard InChI is InChI=1S/C13H26N4O2/c1-10-9-11(17-19-10)13(18)16-8-4-7-15-12-5-2-3-6-14-12/h10-12,14-15,17H,2-9H2,1H3,(H,16,18). The van der Waals surface area contributed by atoms with Crippen LogP contribution in [0, 0.1) is 0 Å². The number of hydrogen-bond acceptors (Lipinski definition) is 5. The molecule has 2 fully saturated rings. The molecule has 1 amide bonds. The molecule has 0 bridgehead atoms. The first-order chi connectivity index (χ1) is 9.25. The summed E-state index contributed by atoms with van der Waals surface area (Å²) in [4.78, 5) is 16.9. The summed E-state index contributed by atoms with van der Waals surface area (Å²) < 4.78 is 0. The predicted molar refractivity (Wildman–Crippen MR) is 73.4 cm³/mol. The van der Waals surface area contributed by atoms with E-state index in [0.29, 0.717) is 12.7 Å². The van der Waals surface area contributed by atoms with Crippen LogP contribution in [0.25, 0.3) is 0 Å². The molecule has 0 saturated carbocycles. The number of piperidine rings is 1. The van der Waals surface area contributed by atoms with Gasteiger partial charge in [-0.1, -0.05) is 0 Å². The lowest BCUT2D eigenvalue weighted by atomic mass is 10.1. The number of nitrogens with one attached hydrogen (secondary N) is 4. The van der Waals surface area contributed by atoms with E-state index in [0.717, 1.165) is 25.9 Å². The van der Waals surface area contributed by atoms with Crippen LogP contribution in [0.5, 0.6) is 0 Å². The fraction of sp³-hybridized carbons (Fsp3) is 0.923. The summed E-state index contributed by atoms with van der Waals surface area (Å²) >= 11 is 0. The molecule has 2 heterocycles. The predicted octanol–water partition coefficient (Wildman–Crippen LogP) is -0.136. The first-order valence-corrected chi connectivity index (χ1v) is 7.41. The first kappa shape index (κ1) is 14.7. The molecule has 0 aromatic carbocycles. The number of amides is 1. The highest BCUT2D eigenvalue weighted by Gasteiger charge is 2.27. The molecule has 19 heavy (non-hydrogen) atoms. The van der Waals surface area contributed by atoms with E-state index in [1.54, 1.807) is 0 Å². The summed E-state index contributed by atoms with van der Waals surface area (Å²) in [6.07, 6.45) is 6.05. The first-order valence-electron chi connectivity index (χ1n) is 7.41. The van der Waals surface area contributed by atoms with Crippen molar-refractivity contribution in [1.29, 1.82) is 0 Å². The van der Waals surface area contributed by atoms with Gasteiger partial charge in [0.2, 0.25) is 5.91 Å². The van der Waals surface area contributed by atoms with Crippen LogP contribution in [0.2, 0.25) is 0 Å². The van der Waals surface area contributed by atoms with Crippen molar-refractivity contribution in [1.82, 2.24) is 21.4 Å². The summed E-state index contributed by atoms with van der Waals surface area (Å²) in [5.41, 5.74) is 2.76. The highest BCUT2D eigenvalue weighted by molar-refractivity contribution is 5.81. The fourth-order valence-electron chi connectivity index (χ4n) is 2.51. The zero-order valence-corrected chi connectivity index (χ0v) is 11.7. The summed E-state index contributed by atoms with van der Waals surface area (Å²) in [5.74, 6) is 0.0418. The number of carbonyl (C=O) groups is 1. The van der Waals surface area contributed by atoms with Crippen LogP contribution in [0.3, 0.4) is 0 Å². The van der Waals surface area contributed by atoms with Crippen LogP contribution in [-0.4, -0.2) is 43.9 Å². The summed E-state index contributed by atoms with van der Waals surface area (Å²) in [7, 11) is 0. The molecular weight excluding hydrogens is 244 g/mol. The second kappa shape index (κ2) is 7.79. The topological polar surface area (TPSA) is 74.4 Å². The minimum atomic E-state index is -0.192. The number of carbonyl (C=O) groups excluding carboxylic acids is 1. The molecule has 2 saturated heterocycles. The maximum Gasteiger partial charge on any atom is 0.239 e. The Labute approximate surface area is 115 Å². The minimum Gasteiger partial charge on any atom is -0.355 e. The molecule has 6 heteroatoms. The largest absolute Gasteiger partial charge is 0.355 e. The highest BCUT2D eigenvalue weighted by Crippen LogP contribution is 2.09. The minimum absolute atomic E-state index is 0.0418. The van der Waals surface area contributed by atoms with E-state index in [4.69, 9.17) is 4.84 Å². The molecule has 3 unspecified atom stereocenters. The Morgan fingerprint density at radius 1 is 1.37 bits per heavy atom. The zero-order valence-electron chi connectivity index (χ0n) is 11.7. The van der Waals surface area contributed by atoms with Crippen molar-refractivity contribution in [3.8, 4) is 0 Å². The summed E-state index contributed by atoms with van der Waals surface area (Å²) in [5, 5.41) is 9.85. The molecule has 0 radical (unpaired) electrons. The van der Waals surface area contributed by atoms with Gasteiger partial charge in [-0.25, -0.2) is 0 Å². The molecule has 0 aromatic rings. The number of hydroxylamine groups is 1. The van der Waals surface area contributed by atoms with Gasteiger partial charge in [0.05, 0.1) is 12.3 Å². The Bertz CT molecular complexity index is 282. The van der Waals surface area contributed by atoms with Gasteiger partial charge in [-0.3, -0.25) is 9.63 Å². The van der Waals surface area contributed by atoms with Crippen molar-refractivity contribution in [2.24, 2.45) is 0 Å². The van der Waals surface area contributed by atoms with Crippen molar-refractivity contribution < 1.29 is 9.63 Å². The van der Waals surface area contributed by atoms with E-state index in [2.05, 4.69) is 21.4 Å². The third kappa shape index (κ3) is 5.06. The molecular formula is C13H26N4O2. The zero-order chi connectivity index (χ0) is 13.5. The molecule has 2 rings (SSSR count). The van der Waals surface area contributed by atoms with Gasteiger partial charge < -0.3 is 16.0 Å². The summed E-state index contributed by atoms with van der Waals surface area (Å²) in [6, 6.07) is -0.192. The van der Waals surface area contributed by atoms with Gasteiger partial charge in [0, 0.05) is 13.0 Å². The quantitative estimate of drug-likeness (QED) is 0.506. The van der Waals surface area contributed by atoms with Crippen LogP contribution < -0.4 is 21.4 Å². The van der Waals surface area contributed by atoms with Crippen LogP contribution in [0.15, 0.2) is 0 Å². The maximum atomic E-state index is 11.8. The molecule has 4 N–H and O–H groups in total. The van der Waals surface area contributed by atoms with Crippen LogP contribution in [0.1, 0.15) is 39.0 Å². The van der Waals surface area contributed by atoms with Gasteiger partial charge in [0.15, 0.2) is 0 Å². The van der Waals surface area contributed by atoms with E-state index in [1.807, 2.05) is 6.92 Å². The fourth-order valence-corrected chi connectivity index (χ4v) is 2.51. The van der Waals surface area contributed by atoms with E-state index >= 15 is 0 Å². The lowest BCUT2D eigenvalue weighted by Gasteiger charge is -2.24. The van der Waals surface area contributed by atoms with Crippen LogP contribution in [-0.2, 0) is 9.63 Å². The third-order valence-corrected chi connectivity index (χ3v) is 3.65. The average Bonchev–Trinajstić information content (AvgIpc) is 2.86. The Balaban J connectivity index is 1.48. The molecule has 0 aliphatic carbocycles. The Morgan fingerprint density at radius 2 is 2.26 bits per heavy atom. The number of hydrogen-bond donors (Lipinski definition) is 4. The Kier molecular flexibility index (Phi) is 6.03. The highest BCUT2D eigenvalue weighted by atomic mass is 16.7. The van der Waals surface area contributed by atoms with Crippen molar-refractivity contribution in [3.63, 3.8) is 0 Å². The monoisotopic (exact) mass is 270 g/mol. The van der Waals surface area contributed by atoms with E-state index in [1.165, 1.54) is 19.3 Å². The van der Waals surface area contributed by atoms with Gasteiger partial charge in [-0.15, -0.1) is 0 Å². The second-order valence-electron chi connectivity index (χ2n) is 5.44. The Hall–Kier alpha value is -0.690. The van der Waals surface area contributed by atoms with Crippen LogP contribution in [0.4, 0.5) is 0 Å². The smallest absolute Gasteiger partial charge is 0.239 e. The molecule has 3 atom stereocenters. The molecule has 110 valence electrons. The lowest BCUT2D eigenvalue weighted by molar-refractivity contribution is -0.124. The van der Waals surface area contributed by atoms with Gasteiger partial charge in [0.25, 0.3) is 0 Å². The van der Waals surface area contributed by atoms with Crippen molar-refractivity contribution in [2.75, 3.05) is 19.6 Å². The normalized spacial score (nSPS) is 31.3. The maximum absolute atomic E-state index is 11.8. The van der Waals surface area contributed by atoms with Crippen molar-refractivity contribution >= 4 is 5.91 Å².